The molecule has 13 heavy (non-hydrogen) atoms. The van der Waals surface area contributed by atoms with Crippen LogP contribution >= 0.6 is 0 Å². The summed E-state index contributed by atoms with van der Waals surface area (Å²) in [7, 11) is 0. The molecule has 3 nitrogen and oxygen atoms in total. The van der Waals surface area contributed by atoms with Crippen LogP contribution in [0, 0.1) is 0 Å². The zero-order chi connectivity index (χ0) is 10.3. The van der Waals surface area contributed by atoms with Crippen LogP contribution in [0.3, 0.4) is 0 Å². The van der Waals surface area contributed by atoms with Gasteiger partial charge in [0.15, 0.2) is 6.10 Å². The Labute approximate surface area is 79.4 Å². The van der Waals surface area contributed by atoms with Crippen LogP contribution in [0.4, 0.5) is 0 Å². The lowest BCUT2D eigenvalue weighted by atomic mass is 10.1. The lowest BCUT2D eigenvalue weighted by molar-refractivity contribution is -0.156. The quantitative estimate of drug-likeness (QED) is 0.488. The van der Waals surface area contributed by atoms with Crippen molar-refractivity contribution in [2.24, 2.45) is 0 Å². The minimum atomic E-state index is -0.419. The number of esters is 1. The maximum Gasteiger partial charge on any atom is 0.338 e. The summed E-state index contributed by atoms with van der Waals surface area (Å²) >= 11 is 0. The Bertz CT molecular complexity index is 217. The van der Waals surface area contributed by atoms with Crippen LogP contribution in [0.1, 0.15) is 41.0 Å². The van der Waals surface area contributed by atoms with Gasteiger partial charge in [0, 0.05) is 0 Å². The Morgan fingerprint density at radius 1 is 1.54 bits per heavy atom. The van der Waals surface area contributed by atoms with E-state index in [0.29, 0.717) is 0 Å². The maximum atomic E-state index is 11.4. The molecular weight excluding hydrogens is 168 g/mol. The van der Waals surface area contributed by atoms with Gasteiger partial charge in [0.2, 0.25) is 0 Å². The fourth-order valence-corrected chi connectivity index (χ4v) is 1.16. The summed E-state index contributed by atoms with van der Waals surface area (Å²) in [6, 6.07) is 0. The van der Waals surface area contributed by atoms with E-state index in [9.17, 15) is 4.79 Å². The van der Waals surface area contributed by atoms with Crippen LogP contribution in [0.2, 0.25) is 0 Å². The van der Waals surface area contributed by atoms with Crippen molar-refractivity contribution in [2.75, 3.05) is 0 Å². The van der Waals surface area contributed by atoms with Gasteiger partial charge in [-0.1, -0.05) is 6.92 Å². The molecule has 0 saturated carbocycles. The first-order valence-electron chi connectivity index (χ1n) is 4.69. The average molecular weight is 186 g/mol. The van der Waals surface area contributed by atoms with Crippen molar-refractivity contribution < 1.29 is 14.3 Å². The summed E-state index contributed by atoms with van der Waals surface area (Å²) in [6.45, 7) is 9.51. The highest BCUT2D eigenvalue weighted by molar-refractivity contribution is 5.79. The summed E-state index contributed by atoms with van der Waals surface area (Å²) in [5, 5.41) is 0. The van der Waals surface area contributed by atoms with Crippen LogP contribution in [-0.2, 0) is 14.3 Å². The summed E-state index contributed by atoms with van der Waals surface area (Å²) < 4.78 is 10.5. The van der Waals surface area contributed by atoms with Crippen molar-refractivity contribution in [3.63, 3.8) is 0 Å². The predicted octanol–water partition coefficient (Wildman–Crippen LogP) is 1.90. The molecule has 0 aromatic rings. The number of rotatable bonds is 2. The molecule has 0 aromatic carbocycles. The molecule has 0 spiro atoms. The van der Waals surface area contributed by atoms with E-state index in [1.165, 1.54) is 0 Å². The molecule has 0 N–H and O–H groups in total. The van der Waals surface area contributed by atoms with Crippen LogP contribution in [0.25, 0.3) is 0 Å². The van der Waals surface area contributed by atoms with Gasteiger partial charge in [-0.15, -0.1) is 0 Å². The molecule has 0 radical (unpaired) electrons. The molecular formula is C10H18O3. The molecule has 0 amide bonds. The van der Waals surface area contributed by atoms with Crippen molar-refractivity contribution in [1.29, 1.82) is 0 Å². The largest absolute Gasteiger partial charge is 0.458 e. The minimum Gasteiger partial charge on any atom is -0.458 e. The fourth-order valence-electron chi connectivity index (χ4n) is 1.16. The second kappa shape index (κ2) is 2.98. The molecule has 76 valence electrons. The fraction of sp³-hybridized carbons (Fsp3) is 0.900. The third-order valence-electron chi connectivity index (χ3n) is 2.21. The highest BCUT2D eigenvalue weighted by atomic mass is 16.7. The van der Waals surface area contributed by atoms with Crippen LogP contribution in [0.15, 0.2) is 0 Å². The Hall–Kier alpha value is -0.570. The number of carbonyl (C=O) groups is 1. The standard InChI is InChI=1S/C10H18O3/c1-6-10(5)7(12-10)8(11)13-9(2,3)4/h7H,6H2,1-5H3. The molecule has 0 aromatic heterocycles. The first kappa shape index (κ1) is 10.5. The van der Waals surface area contributed by atoms with Gasteiger partial charge in [-0.2, -0.15) is 0 Å². The number of hydrogen-bond donors (Lipinski definition) is 0. The van der Waals surface area contributed by atoms with Crippen molar-refractivity contribution in [3.8, 4) is 0 Å². The van der Waals surface area contributed by atoms with Gasteiger partial charge in [0.05, 0.1) is 0 Å². The van der Waals surface area contributed by atoms with E-state index < -0.39 is 5.60 Å². The maximum absolute atomic E-state index is 11.4. The smallest absolute Gasteiger partial charge is 0.338 e. The molecule has 2 atom stereocenters. The lowest BCUT2D eigenvalue weighted by Gasteiger charge is -2.19. The van der Waals surface area contributed by atoms with Gasteiger partial charge < -0.3 is 9.47 Å². The first-order chi connectivity index (χ1) is 5.78. The zero-order valence-corrected chi connectivity index (χ0v) is 9.01. The monoisotopic (exact) mass is 186 g/mol. The van der Waals surface area contributed by atoms with Gasteiger partial charge in [0.25, 0.3) is 0 Å². The minimum absolute atomic E-state index is 0.239. The van der Waals surface area contributed by atoms with Gasteiger partial charge in [0.1, 0.15) is 11.2 Å². The topological polar surface area (TPSA) is 38.8 Å². The van der Waals surface area contributed by atoms with E-state index >= 15 is 0 Å². The molecule has 1 aliphatic heterocycles. The molecule has 1 saturated heterocycles. The van der Waals surface area contributed by atoms with Gasteiger partial charge in [-0.3, -0.25) is 0 Å². The Morgan fingerprint density at radius 2 is 2.08 bits per heavy atom. The SMILES string of the molecule is CCC1(C)OC1C(=O)OC(C)(C)C. The molecule has 2 unspecified atom stereocenters. The molecule has 0 bridgehead atoms. The lowest BCUT2D eigenvalue weighted by Crippen LogP contribution is -2.29. The van der Waals surface area contributed by atoms with Crippen molar-refractivity contribution >= 4 is 5.97 Å². The van der Waals surface area contributed by atoms with E-state index in [-0.39, 0.29) is 17.7 Å². The van der Waals surface area contributed by atoms with E-state index in [1.54, 1.807) is 0 Å². The average Bonchev–Trinajstić information content (AvgIpc) is 2.60. The number of carbonyl (C=O) groups excluding carboxylic acids is 1. The third-order valence-corrected chi connectivity index (χ3v) is 2.21. The van der Waals surface area contributed by atoms with Gasteiger partial charge in [-0.05, 0) is 34.1 Å². The zero-order valence-electron chi connectivity index (χ0n) is 9.01. The Morgan fingerprint density at radius 3 is 2.38 bits per heavy atom. The molecule has 0 aliphatic carbocycles. The van der Waals surface area contributed by atoms with Crippen molar-refractivity contribution in [1.82, 2.24) is 0 Å². The second-order valence-electron chi connectivity index (χ2n) is 4.70. The molecule has 1 heterocycles. The molecule has 1 aliphatic rings. The van der Waals surface area contributed by atoms with Crippen molar-refractivity contribution in [2.45, 2.75) is 58.3 Å². The Kier molecular flexibility index (Phi) is 2.41. The van der Waals surface area contributed by atoms with Crippen LogP contribution in [0.5, 0.6) is 0 Å². The van der Waals surface area contributed by atoms with Crippen LogP contribution in [-0.4, -0.2) is 23.3 Å². The summed E-state index contributed by atoms with van der Waals surface area (Å²) in [6.07, 6.45) is 0.494. The highest BCUT2D eigenvalue weighted by Gasteiger charge is 2.57. The van der Waals surface area contributed by atoms with E-state index in [0.717, 1.165) is 6.42 Å². The molecule has 1 rings (SSSR count). The van der Waals surface area contributed by atoms with E-state index in [4.69, 9.17) is 9.47 Å². The molecule has 1 fully saturated rings. The number of epoxide rings is 1. The number of ether oxygens (including phenoxy) is 2. The van der Waals surface area contributed by atoms with E-state index in [2.05, 4.69) is 0 Å². The highest BCUT2D eigenvalue weighted by Crippen LogP contribution is 2.40. The predicted molar refractivity (Wildman–Crippen MR) is 49.4 cm³/mol. The third kappa shape index (κ3) is 2.44. The summed E-state index contributed by atoms with van der Waals surface area (Å²) in [4.78, 5) is 11.4. The first-order valence-corrected chi connectivity index (χ1v) is 4.69. The normalized spacial score (nSPS) is 32.8. The summed E-state index contributed by atoms with van der Waals surface area (Å²) in [5.74, 6) is -0.239. The van der Waals surface area contributed by atoms with E-state index in [1.807, 2.05) is 34.6 Å². The molecule has 3 heteroatoms. The number of hydrogen-bond acceptors (Lipinski definition) is 3. The second-order valence-corrected chi connectivity index (χ2v) is 4.70. The van der Waals surface area contributed by atoms with Crippen molar-refractivity contribution in [3.05, 3.63) is 0 Å². The van der Waals surface area contributed by atoms with Gasteiger partial charge >= 0.3 is 5.97 Å². The summed E-state index contributed by atoms with van der Waals surface area (Å²) in [5.41, 5.74) is -0.694. The van der Waals surface area contributed by atoms with Crippen LogP contribution < -0.4 is 0 Å². The van der Waals surface area contributed by atoms with Gasteiger partial charge in [-0.25, -0.2) is 4.79 Å². The Balaban J connectivity index is 2.45.